The highest BCUT2D eigenvalue weighted by molar-refractivity contribution is 9.09. The van der Waals surface area contributed by atoms with E-state index in [0.717, 1.165) is 18.8 Å². The van der Waals surface area contributed by atoms with Crippen LogP contribution in [0.1, 0.15) is 17.5 Å². The zero-order chi connectivity index (χ0) is 11.5. The van der Waals surface area contributed by atoms with Crippen LogP contribution < -0.4 is 4.74 Å². The largest absolute Gasteiger partial charge is 0.496 e. The average Bonchev–Trinajstić information content (AvgIpc) is 2.64. The van der Waals surface area contributed by atoms with Gasteiger partial charge in [0.25, 0.3) is 0 Å². The van der Waals surface area contributed by atoms with Crippen LogP contribution in [0.25, 0.3) is 0 Å². The van der Waals surface area contributed by atoms with Gasteiger partial charge in [0.2, 0.25) is 0 Å². The molecular weight excluding hydrogens is 266 g/mol. The number of rotatable bonds is 3. The van der Waals surface area contributed by atoms with Crippen molar-refractivity contribution >= 4 is 15.9 Å². The smallest absolute Gasteiger partial charge is 0.123 e. The topological polar surface area (TPSA) is 12.5 Å². The van der Waals surface area contributed by atoms with E-state index in [2.05, 4.69) is 46.0 Å². The molecule has 3 heteroatoms. The molecule has 1 aromatic carbocycles. The zero-order valence-corrected chi connectivity index (χ0v) is 11.5. The molecule has 0 spiro atoms. The van der Waals surface area contributed by atoms with E-state index in [1.54, 1.807) is 7.11 Å². The molecule has 1 unspecified atom stereocenters. The molecule has 0 amide bonds. The molecule has 0 saturated carbocycles. The first-order chi connectivity index (χ1) is 7.69. The SMILES string of the molecule is COc1ccc(C)cc1CN1CCC(Br)C1. The van der Waals surface area contributed by atoms with Crippen LogP contribution in [0.3, 0.4) is 0 Å². The number of nitrogens with zero attached hydrogens (tertiary/aromatic N) is 1. The monoisotopic (exact) mass is 283 g/mol. The maximum Gasteiger partial charge on any atom is 0.123 e. The summed E-state index contributed by atoms with van der Waals surface area (Å²) in [7, 11) is 1.74. The lowest BCUT2D eigenvalue weighted by Crippen LogP contribution is -2.20. The molecule has 0 bridgehead atoms. The molecule has 2 nitrogen and oxygen atoms in total. The Kier molecular flexibility index (Phi) is 3.87. The molecule has 1 atom stereocenters. The van der Waals surface area contributed by atoms with E-state index in [1.165, 1.54) is 24.1 Å². The van der Waals surface area contributed by atoms with Crippen molar-refractivity contribution in [3.63, 3.8) is 0 Å². The summed E-state index contributed by atoms with van der Waals surface area (Å²) in [4.78, 5) is 3.12. The van der Waals surface area contributed by atoms with E-state index >= 15 is 0 Å². The molecule has 1 aromatic rings. The van der Waals surface area contributed by atoms with Crippen LogP contribution in [-0.2, 0) is 6.54 Å². The standard InChI is InChI=1S/C13H18BrNO/c1-10-3-4-13(16-2)11(7-10)8-15-6-5-12(14)9-15/h3-4,7,12H,5-6,8-9H2,1-2H3. The van der Waals surface area contributed by atoms with Crippen LogP contribution in [0.15, 0.2) is 18.2 Å². The van der Waals surface area contributed by atoms with Gasteiger partial charge in [0.05, 0.1) is 7.11 Å². The lowest BCUT2D eigenvalue weighted by Gasteiger charge is -2.17. The number of hydrogen-bond acceptors (Lipinski definition) is 2. The van der Waals surface area contributed by atoms with Crippen LogP contribution in [0.4, 0.5) is 0 Å². The van der Waals surface area contributed by atoms with E-state index in [0.29, 0.717) is 4.83 Å². The lowest BCUT2D eigenvalue weighted by molar-refractivity contribution is 0.322. The Morgan fingerprint density at radius 3 is 2.94 bits per heavy atom. The summed E-state index contributed by atoms with van der Waals surface area (Å²) in [6.45, 7) is 5.43. The summed E-state index contributed by atoms with van der Waals surface area (Å²) < 4.78 is 5.40. The van der Waals surface area contributed by atoms with Gasteiger partial charge in [-0.3, -0.25) is 4.90 Å². The van der Waals surface area contributed by atoms with E-state index in [9.17, 15) is 0 Å². The molecule has 0 radical (unpaired) electrons. The highest BCUT2D eigenvalue weighted by Crippen LogP contribution is 2.24. The van der Waals surface area contributed by atoms with E-state index in [4.69, 9.17) is 4.74 Å². The number of aryl methyl sites for hydroxylation is 1. The summed E-state index contributed by atoms with van der Waals surface area (Å²) in [5, 5.41) is 0. The third kappa shape index (κ3) is 2.77. The molecule has 1 aliphatic rings. The molecular formula is C13H18BrNO. The van der Waals surface area contributed by atoms with Crippen molar-refractivity contribution in [3.8, 4) is 5.75 Å². The van der Waals surface area contributed by atoms with Crippen molar-refractivity contribution in [1.82, 2.24) is 4.90 Å². The Morgan fingerprint density at radius 2 is 2.31 bits per heavy atom. The highest BCUT2D eigenvalue weighted by atomic mass is 79.9. The summed E-state index contributed by atoms with van der Waals surface area (Å²) in [5.41, 5.74) is 2.59. The van der Waals surface area contributed by atoms with Crippen LogP contribution in [0.5, 0.6) is 5.75 Å². The number of hydrogen-bond donors (Lipinski definition) is 0. The molecule has 1 fully saturated rings. The van der Waals surface area contributed by atoms with Crippen molar-refractivity contribution < 1.29 is 4.74 Å². The number of halogens is 1. The van der Waals surface area contributed by atoms with Crippen molar-refractivity contribution in [3.05, 3.63) is 29.3 Å². The van der Waals surface area contributed by atoms with Crippen LogP contribution in [0, 0.1) is 6.92 Å². The first-order valence-electron chi connectivity index (χ1n) is 5.69. The number of methoxy groups -OCH3 is 1. The Labute approximate surface area is 106 Å². The predicted molar refractivity (Wildman–Crippen MR) is 70.3 cm³/mol. The molecule has 0 N–H and O–H groups in total. The summed E-state index contributed by atoms with van der Waals surface area (Å²) in [5.74, 6) is 1.00. The molecule has 0 aliphatic carbocycles. The van der Waals surface area contributed by atoms with Crippen molar-refractivity contribution in [2.45, 2.75) is 24.7 Å². The third-order valence-electron chi connectivity index (χ3n) is 3.04. The Bertz CT molecular complexity index is 367. The van der Waals surface area contributed by atoms with Crippen LogP contribution in [-0.4, -0.2) is 29.9 Å². The third-order valence-corrected chi connectivity index (χ3v) is 3.79. The predicted octanol–water partition coefficient (Wildman–Crippen LogP) is 2.97. The van der Waals surface area contributed by atoms with E-state index in [-0.39, 0.29) is 0 Å². The quantitative estimate of drug-likeness (QED) is 0.791. The molecule has 88 valence electrons. The molecule has 16 heavy (non-hydrogen) atoms. The summed E-state index contributed by atoms with van der Waals surface area (Å²) in [6, 6.07) is 6.38. The van der Waals surface area contributed by atoms with Crippen molar-refractivity contribution in [1.29, 1.82) is 0 Å². The van der Waals surface area contributed by atoms with Gasteiger partial charge in [0.15, 0.2) is 0 Å². The minimum Gasteiger partial charge on any atom is -0.496 e. The highest BCUT2D eigenvalue weighted by Gasteiger charge is 2.20. The molecule has 1 saturated heterocycles. The van der Waals surface area contributed by atoms with Gasteiger partial charge in [-0.25, -0.2) is 0 Å². The molecule has 1 heterocycles. The van der Waals surface area contributed by atoms with Gasteiger partial charge in [-0.15, -0.1) is 0 Å². The maximum atomic E-state index is 5.40. The zero-order valence-electron chi connectivity index (χ0n) is 9.87. The Hall–Kier alpha value is -0.540. The molecule has 1 aliphatic heterocycles. The average molecular weight is 284 g/mol. The van der Waals surface area contributed by atoms with Crippen LogP contribution in [0.2, 0.25) is 0 Å². The molecule has 2 rings (SSSR count). The second-order valence-electron chi connectivity index (χ2n) is 4.44. The Balaban J connectivity index is 2.10. The number of ether oxygens (including phenoxy) is 1. The second-order valence-corrected chi connectivity index (χ2v) is 5.73. The van der Waals surface area contributed by atoms with Gasteiger partial charge in [-0.1, -0.05) is 33.6 Å². The van der Waals surface area contributed by atoms with E-state index in [1.807, 2.05) is 0 Å². The van der Waals surface area contributed by atoms with Gasteiger partial charge in [-0.05, 0) is 26.0 Å². The maximum absolute atomic E-state index is 5.40. The van der Waals surface area contributed by atoms with Gasteiger partial charge >= 0.3 is 0 Å². The normalized spacial score (nSPS) is 21.3. The van der Waals surface area contributed by atoms with Gasteiger partial charge in [-0.2, -0.15) is 0 Å². The number of benzene rings is 1. The van der Waals surface area contributed by atoms with Gasteiger partial charge in [0, 0.05) is 23.5 Å². The first kappa shape index (κ1) is 11.9. The van der Waals surface area contributed by atoms with Crippen LogP contribution >= 0.6 is 15.9 Å². The van der Waals surface area contributed by atoms with E-state index < -0.39 is 0 Å². The fourth-order valence-corrected chi connectivity index (χ4v) is 2.82. The Morgan fingerprint density at radius 1 is 1.50 bits per heavy atom. The van der Waals surface area contributed by atoms with Crippen molar-refractivity contribution in [2.75, 3.05) is 20.2 Å². The summed E-state index contributed by atoms with van der Waals surface area (Å²) in [6.07, 6.45) is 1.24. The number of likely N-dealkylation sites (tertiary alicyclic amines) is 1. The fraction of sp³-hybridized carbons (Fsp3) is 0.538. The molecule has 0 aromatic heterocycles. The summed E-state index contributed by atoms with van der Waals surface area (Å²) >= 11 is 3.67. The second kappa shape index (κ2) is 5.19. The van der Waals surface area contributed by atoms with Crippen molar-refractivity contribution in [2.24, 2.45) is 0 Å². The minimum atomic E-state index is 0.656. The lowest BCUT2D eigenvalue weighted by atomic mass is 10.1. The number of alkyl halides is 1. The first-order valence-corrected chi connectivity index (χ1v) is 6.60. The minimum absolute atomic E-state index is 0.656. The fourth-order valence-electron chi connectivity index (χ4n) is 2.20. The van der Waals surface area contributed by atoms with Gasteiger partial charge < -0.3 is 4.74 Å². The van der Waals surface area contributed by atoms with Gasteiger partial charge in [0.1, 0.15) is 5.75 Å².